The zero-order valence-electron chi connectivity index (χ0n) is 18.6. The Kier molecular flexibility index (Phi) is 4.85. The Morgan fingerprint density at radius 2 is 1.84 bits per heavy atom. The molecular formula is C24H30N6O. The average molecular weight is 419 g/mol. The number of likely N-dealkylation sites (tertiary alicyclic amines) is 1. The van der Waals surface area contributed by atoms with E-state index < -0.39 is 0 Å². The smallest absolute Gasteiger partial charge is 0.258 e. The van der Waals surface area contributed by atoms with Crippen LogP contribution in [0.25, 0.3) is 22.6 Å². The summed E-state index contributed by atoms with van der Waals surface area (Å²) < 4.78 is 3.54. The van der Waals surface area contributed by atoms with Crippen molar-refractivity contribution in [3.05, 3.63) is 63.5 Å². The Bertz CT molecular complexity index is 1350. The van der Waals surface area contributed by atoms with Crippen molar-refractivity contribution < 1.29 is 1.43 Å². The Labute approximate surface area is 182 Å². The van der Waals surface area contributed by atoms with Gasteiger partial charge in [-0.05, 0) is 76.4 Å². The minimum Gasteiger partial charge on any atom is -0.306 e. The zero-order chi connectivity index (χ0) is 21.7. The quantitative estimate of drug-likeness (QED) is 0.508. The van der Waals surface area contributed by atoms with Crippen molar-refractivity contribution in [3.63, 3.8) is 0 Å². The number of rotatable bonds is 3. The number of pyridine rings is 1. The predicted molar refractivity (Wildman–Crippen MR) is 124 cm³/mol. The summed E-state index contributed by atoms with van der Waals surface area (Å²) in [6.07, 6.45) is 6.96. The van der Waals surface area contributed by atoms with Gasteiger partial charge in [-0.3, -0.25) is 14.2 Å². The lowest BCUT2D eigenvalue weighted by Gasteiger charge is -2.29. The first-order valence-corrected chi connectivity index (χ1v) is 11.0. The summed E-state index contributed by atoms with van der Waals surface area (Å²) in [6.45, 7) is 8.27. The highest BCUT2D eigenvalue weighted by Crippen LogP contribution is 2.29. The van der Waals surface area contributed by atoms with Crippen molar-refractivity contribution in [1.82, 2.24) is 28.9 Å². The second-order valence-corrected chi connectivity index (χ2v) is 8.75. The Balaban J connectivity index is 0.00000245. The molecule has 0 radical (unpaired) electrons. The monoisotopic (exact) mass is 418 g/mol. The van der Waals surface area contributed by atoms with Crippen molar-refractivity contribution in [2.24, 2.45) is 0 Å². The molecule has 162 valence electrons. The van der Waals surface area contributed by atoms with E-state index in [0.717, 1.165) is 54.8 Å². The Hall–Kier alpha value is -3.06. The molecule has 4 aromatic heterocycles. The summed E-state index contributed by atoms with van der Waals surface area (Å²) in [5.74, 6) is 0.493. The molecule has 1 fully saturated rings. The van der Waals surface area contributed by atoms with Gasteiger partial charge in [0.25, 0.3) is 5.56 Å². The van der Waals surface area contributed by atoms with Gasteiger partial charge >= 0.3 is 0 Å². The number of nitrogens with zero attached hydrogens (tertiary/aromatic N) is 6. The first-order chi connectivity index (χ1) is 14.9. The van der Waals surface area contributed by atoms with Crippen molar-refractivity contribution in [3.8, 4) is 11.4 Å². The van der Waals surface area contributed by atoms with E-state index in [2.05, 4.69) is 35.0 Å². The van der Waals surface area contributed by atoms with Crippen molar-refractivity contribution in [2.45, 2.75) is 46.0 Å². The van der Waals surface area contributed by atoms with E-state index in [-0.39, 0.29) is 6.99 Å². The van der Waals surface area contributed by atoms with E-state index in [0.29, 0.717) is 23.0 Å². The van der Waals surface area contributed by atoms with Crippen molar-refractivity contribution in [2.75, 3.05) is 20.1 Å². The van der Waals surface area contributed by atoms with Gasteiger partial charge in [0.05, 0.1) is 28.8 Å². The molecular weight excluding hydrogens is 388 g/mol. The van der Waals surface area contributed by atoms with E-state index in [1.807, 2.05) is 36.8 Å². The molecule has 31 heavy (non-hydrogen) atoms. The number of hydrogen-bond donors (Lipinski definition) is 0. The highest BCUT2D eigenvalue weighted by atomic mass is 16.1. The number of fused-ring (bicyclic) bond motifs is 2. The first-order valence-electron chi connectivity index (χ1n) is 11.0. The molecule has 0 unspecified atom stereocenters. The number of piperidine rings is 1. The minimum atomic E-state index is -0.0695. The molecule has 0 saturated carbocycles. The van der Waals surface area contributed by atoms with Crippen LogP contribution < -0.4 is 5.56 Å². The summed E-state index contributed by atoms with van der Waals surface area (Å²) in [5.41, 5.74) is 7.05. The van der Waals surface area contributed by atoms with Crippen LogP contribution in [0.15, 0.2) is 35.4 Å². The molecule has 0 amide bonds. The molecule has 0 N–H and O–H groups in total. The average Bonchev–Trinajstić information content (AvgIpc) is 3.18. The van der Waals surface area contributed by atoms with E-state index in [1.54, 1.807) is 10.5 Å². The summed E-state index contributed by atoms with van der Waals surface area (Å²) in [5, 5.41) is 4.69. The summed E-state index contributed by atoms with van der Waals surface area (Å²) in [6, 6.07) is 5.78. The topological polar surface area (TPSA) is 67.8 Å². The largest absolute Gasteiger partial charge is 0.306 e. The van der Waals surface area contributed by atoms with Crippen LogP contribution in [0.4, 0.5) is 0 Å². The molecule has 5 heterocycles. The lowest BCUT2D eigenvalue weighted by Crippen LogP contribution is -2.29. The standard InChI is InChI=1S/C24H28N6O.H2/c1-5-19-22-11-21(27-30(22)13-16(3)25-19)20-12-23(31)29-14-18(10-15(2)24(29)26-20)17-6-8-28(4)9-7-17;/h10-14,17H,5-9H2,1-4H3;1H. The Morgan fingerprint density at radius 1 is 1.06 bits per heavy atom. The zero-order valence-corrected chi connectivity index (χ0v) is 18.6. The molecule has 0 bridgehead atoms. The van der Waals surface area contributed by atoms with Crippen molar-refractivity contribution in [1.29, 1.82) is 0 Å². The van der Waals surface area contributed by atoms with Crippen molar-refractivity contribution >= 4 is 11.2 Å². The highest BCUT2D eigenvalue weighted by Gasteiger charge is 2.20. The second kappa shape index (κ2) is 7.57. The minimum absolute atomic E-state index is 0. The van der Waals surface area contributed by atoms with Gasteiger partial charge in [0.2, 0.25) is 0 Å². The van der Waals surface area contributed by atoms with Crippen LogP contribution in [0.2, 0.25) is 0 Å². The van der Waals surface area contributed by atoms with Crippen LogP contribution in [0.1, 0.15) is 49.6 Å². The molecule has 0 aliphatic carbocycles. The van der Waals surface area contributed by atoms with Gasteiger partial charge in [-0.1, -0.05) is 13.0 Å². The fraction of sp³-hybridized carbons (Fsp3) is 0.417. The Morgan fingerprint density at radius 3 is 2.58 bits per heavy atom. The van der Waals surface area contributed by atoms with E-state index in [1.165, 1.54) is 5.56 Å². The fourth-order valence-corrected chi connectivity index (χ4v) is 4.66. The van der Waals surface area contributed by atoms with Crippen LogP contribution in [-0.2, 0) is 6.42 Å². The normalized spacial score (nSPS) is 15.9. The van der Waals surface area contributed by atoms with E-state index >= 15 is 0 Å². The molecule has 0 spiro atoms. The molecule has 5 rings (SSSR count). The molecule has 7 heteroatoms. The molecule has 1 saturated heterocycles. The van der Waals surface area contributed by atoms with Gasteiger partial charge in [0, 0.05) is 13.7 Å². The number of hydrogen-bond acceptors (Lipinski definition) is 5. The van der Waals surface area contributed by atoms with Crippen LogP contribution in [0, 0.1) is 13.8 Å². The summed E-state index contributed by atoms with van der Waals surface area (Å²) >= 11 is 0. The third-order valence-electron chi connectivity index (χ3n) is 6.41. The maximum atomic E-state index is 13.1. The molecule has 0 aromatic carbocycles. The van der Waals surface area contributed by atoms with Gasteiger partial charge in [0.15, 0.2) is 0 Å². The van der Waals surface area contributed by atoms with Gasteiger partial charge < -0.3 is 4.90 Å². The lowest BCUT2D eigenvalue weighted by atomic mass is 9.90. The summed E-state index contributed by atoms with van der Waals surface area (Å²) in [4.78, 5) is 24.9. The third-order valence-corrected chi connectivity index (χ3v) is 6.41. The summed E-state index contributed by atoms with van der Waals surface area (Å²) in [7, 11) is 2.16. The maximum Gasteiger partial charge on any atom is 0.258 e. The fourth-order valence-electron chi connectivity index (χ4n) is 4.66. The van der Waals surface area contributed by atoms with Gasteiger partial charge in [-0.2, -0.15) is 5.10 Å². The number of aromatic nitrogens is 5. The molecule has 1 aliphatic heterocycles. The lowest BCUT2D eigenvalue weighted by molar-refractivity contribution is 0.255. The van der Waals surface area contributed by atoms with Crippen LogP contribution in [-0.4, -0.2) is 49.0 Å². The SMILES string of the molecule is CCc1nc(C)cn2nc(-c3cc(=O)n4cc(C5CCN(C)CC5)cc(C)c4n3)cc12.[HH]. The highest BCUT2D eigenvalue weighted by molar-refractivity contribution is 5.67. The second-order valence-electron chi connectivity index (χ2n) is 8.75. The van der Waals surface area contributed by atoms with Gasteiger partial charge in [0.1, 0.15) is 11.3 Å². The molecule has 7 nitrogen and oxygen atoms in total. The molecule has 1 aliphatic rings. The molecule has 4 aromatic rings. The van der Waals surface area contributed by atoms with E-state index in [4.69, 9.17) is 4.98 Å². The first kappa shape index (κ1) is 19.9. The van der Waals surface area contributed by atoms with E-state index in [9.17, 15) is 4.79 Å². The van der Waals surface area contributed by atoms with Crippen LogP contribution in [0.5, 0.6) is 0 Å². The molecule has 0 atom stereocenters. The third kappa shape index (κ3) is 3.53. The maximum absolute atomic E-state index is 13.1. The predicted octanol–water partition coefficient (Wildman–Crippen LogP) is 3.64. The van der Waals surface area contributed by atoms with Crippen LogP contribution >= 0.6 is 0 Å². The van der Waals surface area contributed by atoms with Crippen LogP contribution in [0.3, 0.4) is 0 Å². The van der Waals surface area contributed by atoms with Gasteiger partial charge in [-0.15, -0.1) is 0 Å². The number of aryl methyl sites for hydroxylation is 3. The van der Waals surface area contributed by atoms with Gasteiger partial charge in [-0.25, -0.2) is 9.50 Å².